The molecule has 25 heavy (non-hydrogen) atoms. The van der Waals surface area contributed by atoms with Gasteiger partial charge in [-0.2, -0.15) is 0 Å². The molecule has 0 saturated heterocycles. The molecule has 0 aliphatic heterocycles. The van der Waals surface area contributed by atoms with E-state index in [0.29, 0.717) is 18.8 Å². The Kier molecular flexibility index (Phi) is 5.39. The maximum absolute atomic E-state index is 12.3. The number of non-ortho nitro benzene ring substituents is 1. The van der Waals surface area contributed by atoms with Gasteiger partial charge in [0.05, 0.1) is 15.9 Å². The van der Waals surface area contributed by atoms with Crippen molar-refractivity contribution in [2.75, 3.05) is 0 Å². The summed E-state index contributed by atoms with van der Waals surface area (Å²) in [5.41, 5.74) is -1.10. The Morgan fingerprint density at radius 2 is 1.68 bits per heavy atom. The highest BCUT2D eigenvalue weighted by molar-refractivity contribution is 5.94. The molecule has 1 fully saturated rings. The van der Waals surface area contributed by atoms with Gasteiger partial charge in [-0.1, -0.05) is 20.8 Å². The lowest BCUT2D eigenvalue weighted by Gasteiger charge is -2.36. The number of rotatable bonds is 4. The molecule has 0 heterocycles. The fraction of sp³-hybridized carbons (Fsp3) is 0.588. The third-order valence-electron chi connectivity index (χ3n) is 4.78. The molecule has 1 aliphatic rings. The van der Waals surface area contributed by atoms with E-state index < -0.39 is 27.2 Å². The van der Waals surface area contributed by atoms with E-state index in [0.717, 1.165) is 31.0 Å². The zero-order valence-corrected chi connectivity index (χ0v) is 14.6. The number of carbonyl (C=O) groups is 1. The number of hydrogen-bond donors (Lipinski definition) is 0. The minimum atomic E-state index is -0.805. The van der Waals surface area contributed by atoms with Gasteiger partial charge in [-0.05, 0) is 43.1 Å². The molecule has 0 radical (unpaired) electrons. The van der Waals surface area contributed by atoms with E-state index >= 15 is 0 Å². The Labute approximate surface area is 145 Å². The SMILES string of the molecule is CC(C)(C)C1CCC(OC(=O)c2ccc([N+](=O)[O-])cc2[N+](=O)[O-])CC1. The first-order valence-corrected chi connectivity index (χ1v) is 8.23. The van der Waals surface area contributed by atoms with Crippen LogP contribution in [0.5, 0.6) is 0 Å². The first-order valence-electron chi connectivity index (χ1n) is 8.23. The van der Waals surface area contributed by atoms with Crippen LogP contribution >= 0.6 is 0 Å². The second-order valence-corrected chi connectivity index (χ2v) is 7.46. The lowest BCUT2D eigenvalue weighted by Crippen LogP contribution is -2.30. The molecule has 0 unspecified atom stereocenters. The molecule has 0 aromatic heterocycles. The molecule has 2 rings (SSSR count). The third-order valence-corrected chi connectivity index (χ3v) is 4.78. The van der Waals surface area contributed by atoms with Gasteiger partial charge in [0.25, 0.3) is 11.4 Å². The van der Waals surface area contributed by atoms with Crippen LogP contribution in [0.4, 0.5) is 11.4 Å². The molecular weight excluding hydrogens is 328 g/mol. The summed E-state index contributed by atoms with van der Waals surface area (Å²) in [6.07, 6.45) is 3.03. The Morgan fingerprint density at radius 3 is 2.16 bits per heavy atom. The van der Waals surface area contributed by atoms with E-state index in [1.165, 1.54) is 0 Å². The number of carbonyl (C=O) groups excluding carboxylic acids is 1. The Bertz CT molecular complexity index is 687. The molecule has 0 N–H and O–H groups in total. The Hall–Kier alpha value is -2.51. The van der Waals surface area contributed by atoms with Crippen LogP contribution < -0.4 is 0 Å². The minimum Gasteiger partial charge on any atom is -0.459 e. The van der Waals surface area contributed by atoms with Gasteiger partial charge in [0.1, 0.15) is 11.7 Å². The summed E-state index contributed by atoms with van der Waals surface area (Å²) in [7, 11) is 0. The topological polar surface area (TPSA) is 113 Å². The van der Waals surface area contributed by atoms with Crippen molar-refractivity contribution >= 4 is 17.3 Å². The maximum atomic E-state index is 12.3. The van der Waals surface area contributed by atoms with E-state index in [1.807, 2.05) is 0 Å². The van der Waals surface area contributed by atoms with Crippen LogP contribution in [0.1, 0.15) is 56.8 Å². The molecule has 1 aliphatic carbocycles. The van der Waals surface area contributed by atoms with Crippen molar-refractivity contribution in [1.29, 1.82) is 0 Å². The standard InChI is InChI=1S/C17H22N2O6/c1-17(2,3)11-4-7-13(8-5-11)25-16(20)14-9-6-12(18(21)22)10-15(14)19(23)24/h6,9-11,13H,4-5,7-8H2,1-3H3. The first kappa shape index (κ1) is 18.8. The molecule has 136 valence electrons. The molecule has 0 atom stereocenters. The van der Waals surface area contributed by atoms with Crippen LogP contribution in [0.2, 0.25) is 0 Å². The predicted octanol–water partition coefficient (Wildman–Crippen LogP) is 4.26. The molecule has 8 heteroatoms. The van der Waals surface area contributed by atoms with Gasteiger partial charge in [-0.25, -0.2) is 4.79 Å². The van der Waals surface area contributed by atoms with Crippen molar-refractivity contribution in [3.63, 3.8) is 0 Å². The number of ether oxygens (including phenoxy) is 1. The summed E-state index contributed by atoms with van der Waals surface area (Å²) in [6.45, 7) is 6.55. The summed E-state index contributed by atoms with van der Waals surface area (Å²) >= 11 is 0. The van der Waals surface area contributed by atoms with Crippen molar-refractivity contribution in [2.24, 2.45) is 11.3 Å². The number of nitro benzene ring substituents is 2. The number of hydrogen-bond acceptors (Lipinski definition) is 6. The molecule has 8 nitrogen and oxygen atoms in total. The summed E-state index contributed by atoms with van der Waals surface area (Å²) in [5.74, 6) is -0.253. The minimum absolute atomic E-state index is 0.201. The lowest BCUT2D eigenvalue weighted by atomic mass is 9.72. The predicted molar refractivity (Wildman–Crippen MR) is 90.4 cm³/mol. The second kappa shape index (κ2) is 7.16. The van der Waals surface area contributed by atoms with Gasteiger partial charge in [0.2, 0.25) is 0 Å². The second-order valence-electron chi connectivity index (χ2n) is 7.46. The van der Waals surface area contributed by atoms with E-state index in [4.69, 9.17) is 4.74 Å². The van der Waals surface area contributed by atoms with Gasteiger partial charge < -0.3 is 4.74 Å². The third kappa shape index (κ3) is 4.52. The largest absolute Gasteiger partial charge is 0.459 e. The highest BCUT2D eigenvalue weighted by Gasteiger charge is 2.32. The number of benzene rings is 1. The number of nitro groups is 2. The first-order chi connectivity index (χ1) is 11.6. The van der Waals surface area contributed by atoms with E-state index in [9.17, 15) is 25.0 Å². The highest BCUT2D eigenvalue weighted by atomic mass is 16.6. The zero-order chi connectivity index (χ0) is 18.8. The van der Waals surface area contributed by atoms with E-state index in [2.05, 4.69) is 20.8 Å². The van der Waals surface area contributed by atoms with Gasteiger partial charge in [0.15, 0.2) is 0 Å². The highest BCUT2D eigenvalue weighted by Crippen LogP contribution is 2.38. The molecule has 0 amide bonds. The average Bonchev–Trinajstić information content (AvgIpc) is 2.53. The molecule has 1 aromatic carbocycles. The molecule has 1 saturated carbocycles. The van der Waals surface area contributed by atoms with Gasteiger partial charge in [0, 0.05) is 6.07 Å². The zero-order valence-electron chi connectivity index (χ0n) is 14.6. The monoisotopic (exact) mass is 350 g/mol. The van der Waals surface area contributed by atoms with Gasteiger partial charge in [-0.3, -0.25) is 20.2 Å². The van der Waals surface area contributed by atoms with Gasteiger partial charge in [-0.15, -0.1) is 0 Å². The van der Waals surface area contributed by atoms with Crippen LogP contribution in [0.25, 0.3) is 0 Å². The summed E-state index contributed by atoms with van der Waals surface area (Å²) in [6, 6.07) is 2.94. The fourth-order valence-corrected chi connectivity index (χ4v) is 3.22. The average molecular weight is 350 g/mol. The van der Waals surface area contributed by atoms with Crippen LogP contribution in [-0.4, -0.2) is 21.9 Å². The molecule has 1 aromatic rings. The van der Waals surface area contributed by atoms with Crippen molar-refractivity contribution in [3.05, 3.63) is 44.0 Å². The van der Waals surface area contributed by atoms with Crippen LogP contribution in [0.3, 0.4) is 0 Å². The van der Waals surface area contributed by atoms with E-state index in [-0.39, 0.29) is 17.1 Å². The van der Waals surface area contributed by atoms with E-state index in [1.54, 1.807) is 0 Å². The molecule has 0 bridgehead atoms. The summed E-state index contributed by atoms with van der Waals surface area (Å²) in [5, 5.41) is 21.9. The summed E-state index contributed by atoms with van der Waals surface area (Å²) < 4.78 is 5.42. The lowest BCUT2D eigenvalue weighted by molar-refractivity contribution is -0.394. The van der Waals surface area contributed by atoms with Crippen LogP contribution in [0, 0.1) is 31.6 Å². The van der Waals surface area contributed by atoms with Crippen molar-refractivity contribution in [2.45, 2.75) is 52.6 Å². The molecule has 0 spiro atoms. The summed E-state index contributed by atoms with van der Waals surface area (Å²) in [4.78, 5) is 32.6. The maximum Gasteiger partial charge on any atom is 0.345 e. The van der Waals surface area contributed by atoms with Crippen molar-refractivity contribution in [1.82, 2.24) is 0 Å². The quantitative estimate of drug-likeness (QED) is 0.455. The normalized spacial score (nSPS) is 20.8. The fourth-order valence-electron chi connectivity index (χ4n) is 3.22. The van der Waals surface area contributed by atoms with Crippen LogP contribution in [0.15, 0.2) is 18.2 Å². The van der Waals surface area contributed by atoms with Crippen LogP contribution in [-0.2, 0) is 4.74 Å². The smallest absolute Gasteiger partial charge is 0.345 e. The Balaban J connectivity index is 2.09. The van der Waals surface area contributed by atoms with Gasteiger partial charge >= 0.3 is 5.97 Å². The molecular formula is C17H22N2O6. The Morgan fingerprint density at radius 1 is 1.08 bits per heavy atom. The van der Waals surface area contributed by atoms with Crippen molar-refractivity contribution in [3.8, 4) is 0 Å². The van der Waals surface area contributed by atoms with Crippen molar-refractivity contribution < 1.29 is 19.4 Å². The number of nitrogens with zero attached hydrogens (tertiary/aromatic N) is 2. The number of esters is 1.